The second kappa shape index (κ2) is 9.07. The summed E-state index contributed by atoms with van der Waals surface area (Å²) < 4.78 is 0. The van der Waals surface area contributed by atoms with E-state index in [1.54, 1.807) is 11.8 Å². The molecule has 2 amide bonds. The zero-order chi connectivity index (χ0) is 22.0. The summed E-state index contributed by atoms with van der Waals surface area (Å²) in [5.41, 5.74) is 4.10. The minimum Gasteiger partial charge on any atom is -0.326 e. The van der Waals surface area contributed by atoms with Gasteiger partial charge in [0, 0.05) is 17.3 Å². The van der Waals surface area contributed by atoms with Crippen molar-refractivity contribution in [2.24, 2.45) is 5.92 Å². The van der Waals surface area contributed by atoms with Crippen LogP contribution in [0.25, 0.3) is 0 Å². The van der Waals surface area contributed by atoms with Crippen LogP contribution in [0.2, 0.25) is 0 Å². The van der Waals surface area contributed by atoms with Crippen molar-refractivity contribution in [2.45, 2.75) is 63.7 Å². The van der Waals surface area contributed by atoms with E-state index < -0.39 is 0 Å². The molecule has 1 aliphatic carbocycles. The number of benzene rings is 2. The third-order valence-corrected chi connectivity index (χ3v) is 7.51. The van der Waals surface area contributed by atoms with Crippen LogP contribution >= 0.6 is 11.8 Å². The van der Waals surface area contributed by atoms with E-state index >= 15 is 0 Å². The molecule has 0 radical (unpaired) electrons. The van der Waals surface area contributed by atoms with Gasteiger partial charge in [-0.25, -0.2) is 0 Å². The van der Waals surface area contributed by atoms with Gasteiger partial charge in [0.2, 0.25) is 11.8 Å². The Hall–Kier alpha value is -2.27. The van der Waals surface area contributed by atoms with Crippen LogP contribution in [0, 0.1) is 5.92 Å². The monoisotopic (exact) mass is 436 g/mol. The highest BCUT2D eigenvalue weighted by molar-refractivity contribution is 8.00. The fourth-order valence-corrected chi connectivity index (χ4v) is 5.62. The molecule has 2 fully saturated rings. The van der Waals surface area contributed by atoms with E-state index in [4.69, 9.17) is 0 Å². The lowest BCUT2D eigenvalue weighted by atomic mass is 9.87. The number of hydrogen-bond acceptors (Lipinski definition) is 3. The molecule has 5 heteroatoms. The summed E-state index contributed by atoms with van der Waals surface area (Å²) in [5.74, 6) is 0.833. The van der Waals surface area contributed by atoms with E-state index in [2.05, 4.69) is 38.2 Å². The number of nitrogens with one attached hydrogen (secondary N) is 1. The highest BCUT2D eigenvalue weighted by Crippen LogP contribution is 2.42. The van der Waals surface area contributed by atoms with Crippen LogP contribution < -0.4 is 10.2 Å². The van der Waals surface area contributed by atoms with Crippen molar-refractivity contribution in [1.82, 2.24) is 0 Å². The van der Waals surface area contributed by atoms with Gasteiger partial charge in [-0.3, -0.25) is 14.5 Å². The van der Waals surface area contributed by atoms with Crippen molar-refractivity contribution in [1.29, 1.82) is 0 Å². The first kappa shape index (κ1) is 21.9. The summed E-state index contributed by atoms with van der Waals surface area (Å²) in [7, 11) is 0. The molecule has 0 aromatic heterocycles. The van der Waals surface area contributed by atoms with Crippen molar-refractivity contribution in [3.05, 3.63) is 59.7 Å². The van der Waals surface area contributed by atoms with Crippen molar-refractivity contribution >= 4 is 35.0 Å². The average Bonchev–Trinajstić information content (AvgIpc) is 3.15. The average molecular weight is 437 g/mol. The SMILES string of the molecule is CC(C)(C)c1ccc(N2C(=O)CS[C@@H]2c2cccc(NC(=O)C3CCCCC3)c2)cc1. The lowest BCUT2D eigenvalue weighted by Gasteiger charge is -2.26. The maximum atomic E-state index is 12.7. The van der Waals surface area contributed by atoms with Crippen molar-refractivity contribution in [3.63, 3.8) is 0 Å². The number of amides is 2. The Kier molecular flexibility index (Phi) is 6.42. The number of carbonyl (C=O) groups is 2. The molecule has 0 spiro atoms. The Bertz CT molecular complexity index is 943. The van der Waals surface area contributed by atoms with Crippen LogP contribution in [-0.4, -0.2) is 17.6 Å². The van der Waals surface area contributed by atoms with Crippen LogP contribution in [0.4, 0.5) is 11.4 Å². The minimum atomic E-state index is -0.0838. The van der Waals surface area contributed by atoms with Gasteiger partial charge in [-0.2, -0.15) is 0 Å². The lowest BCUT2D eigenvalue weighted by molar-refractivity contribution is -0.120. The van der Waals surface area contributed by atoms with Crippen molar-refractivity contribution in [3.8, 4) is 0 Å². The highest BCUT2D eigenvalue weighted by Gasteiger charge is 2.34. The summed E-state index contributed by atoms with van der Waals surface area (Å²) >= 11 is 1.64. The molecule has 2 aliphatic rings. The molecule has 1 atom stereocenters. The summed E-state index contributed by atoms with van der Waals surface area (Å²) in [4.78, 5) is 27.3. The van der Waals surface area contributed by atoms with E-state index in [0.29, 0.717) is 5.75 Å². The number of rotatable bonds is 4. The van der Waals surface area contributed by atoms with Crippen LogP contribution in [0.3, 0.4) is 0 Å². The van der Waals surface area contributed by atoms with Crippen LogP contribution in [0.15, 0.2) is 48.5 Å². The Labute approximate surface area is 189 Å². The molecule has 1 N–H and O–H groups in total. The Morgan fingerprint density at radius 2 is 1.74 bits per heavy atom. The van der Waals surface area contributed by atoms with Gasteiger partial charge in [-0.05, 0) is 53.6 Å². The fraction of sp³-hybridized carbons (Fsp3) is 0.462. The van der Waals surface area contributed by atoms with Crippen LogP contribution in [0.1, 0.15) is 69.4 Å². The second-order valence-corrected chi connectivity index (χ2v) is 10.7. The maximum Gasteiger partial charge on any atom is 0.238 e. The number of carbonyl (C=O) groups excluding carboxylic acids is 2. The molecular formula is C26H32N2O2S. The number of hydrogen-bond donors (Lipinski definition) is 1. The smallest absolute Gasteiger partial charge is 0.238 e. The minimum absolute atomic E-state index is 0.0760. The summed E-state index contributed by atoms with van der Waals surface area (Å²) in [6.45, 7) is 6.57. The zero-order valence-corrected chi connectivity index (χ0v) is 19.5. The van der Waals surface area contributed by atoms with Gasteiger partial charge in [-0.15, -0.1) is 11.8 Å². The molecule has 1 saturated heterocycles. The Morgan fingerprint density at radius 1 is 1.03 bits per heavy atom. The number of thioether (sulfide) groups is 1. The summed E-state index contributed by atoms with van der Waals surface area (Å²) in [5, 5.41) is 3.03. The van der Waals surface area contributed by atoms with Gasteiger partial charge in [0.25, 0.3) is 0 Å². The molecule has 1 saturated carbocycles. The van der Waals surface area contributed by atoms with E-state index in [1.165, 1.54) is 12.0 Å². The lowest BCUT2D eigenvalue weighted by Crippen LogP contribution is -2.28. The van der Waals surface area contributed by atoms with Gasteiger partial charge in [0.1, 0.15) is 5.37 Å². The maximum absolute atomic E-state index is 12.7. The van der Waals surface area contributed by atoms with Crippen molar-refractivity contribution < 1.29 is 9.59 Å². The molecule has 0 unspecified atom stereocenters. The molecule has 4 rings (SSSR count). The van der Waals surface area contributed by atoms with Gasteiger partial charge >= 0.3 is 0 Å². The Balaban J connectivity index is 1.53. The highest BCUT2D eigenvalue weighted by atomic mass is 32.2. The van der Waals surface area contributed by atoms with Gasteiger partial charge in [-0.1, -0.05) is 64.3 Å². The van der Waals surface area contributed by atoms with Gasteiger partial charge < -0.3 is 5.32 Å². The van der Waals surface area contributed by atoms with E-state index in [-0.39, 0.29) is 28.5 Å². The topological polar surface area (TPSA) is 49.4 Å². The summed E-state index contributed by atoms with van der Waals surface area (Å²) in [6.07, 6.45) is 5.48. The summed E-state index contributed by atoms with van der Waals surface area (Å²) in [6, 6.07) is 16.3. The molecule has 2 aromatic carbocycles. The molecule has 1 heterocycles. The quantitative estimate of drug-likeness (QED) is 0.613. The molecule has 164 valence electrons. The Morgan fingerprint density at radius 3 is 2.42 bits per heavy atom. The standard InChI is InChI=1S/C26H32N2O2S/c1-26(2,3)20-12-14-22(15-13-20)28-23(29)17-31-25(28)19-10-7-11-21(16-19)27-24(30)18-8-5-4-6-9-18/h7,10-16,18,25H,4-6,8-9,17H2,1-3H3,(H,27,30)/t25-/m1/s1. The third-order valence-electron chi connectivity index (χ3n) is 6.29. The first-order valence-corrected chi connectivity index (χ1v) is 12.3. The third kappa shape index (κ3) is 4.98. The normalized spacial score (nSPS) is 20.2. The van der Waals surface area contributed by atoms with Gasteiger partial charge in [0.05, 0.1) is 5.75 Å². The van der Waals surface area contributed by atoms with E-state index in [9.17, 15) is 9.59 Å². The predicted octanol–water partition coefficient (Wildman–Crippen LogP) is 6.28. The molecule has 1 aliphatic heterocycles. The number of anilines is 2. The fourth-order valence-electron chi connectivity index (χ4n) is 4.45. The molecular weight excluding hydrogens is 404 g/mol. The van der Waals surface area contributed by atoms with Crippen LogP contribution in [0.5, 0.6) is 0 Å². The molecule has 31 heavy (non-hydrogen) atoms. The predicted molar refractivity (Wildman–Crippen MR) is 129 cm³/mol. The second-order valence-electron chi connectivity index (χ2n) is 9.67. The first-order valence-electron chi connectivity index (χ1n) is 11.3. The molecule has 0 bridgehead atoms. The van der Waals surface area contributed by atoms with Gasteiger partial charge in [0.15, 0.2) is 0 Å². The van der Waals surface area contributed by atoms with Crippen LogP contribution in [-0.2, 0) is 15.0 Å². The molecule has 4 nitrogen and oxygen atoms in total. The number of nitrogens with zero attached hydrogens (tertiary/aromatic N) is 1. The molecule has 2 aromatic rings. The first-order chi connectivity index (χ1) is 14.8. The largest absolute Gasteiger partial charge is 0.326 e. The zero-order valence-electron chi connectivity index (χ0n) is 18.7. The van der Waals surface area contributed by atoms with E-state index in [0.717, 1.165) is 42.6 Å². The van der Waals surface area contributed by atoms with Crippen molar-refractivity contribution in [2.75, 3.05) is 16.0 Å². The van der Waals surface area contributed by atoms with E-state index in [1.807, 2.05) is 41.3 Å².